The fourth-order valence-corrected chi connectivity index (χ4v) is 2.17. The second kappa shape index (κ2) is 8.09. The van der Waals surface area contributed by atoms with Crippen LogP contribution in [0.2, 0.25) is 5.02 Å². The molecule has 0 aliphatic carbocycles. The van der Waals surface area contributed by atoms with Gasteiger partial charge in [-0.05, 0) is 58.0 Å². The van der Waals surface area contributed by atoms with E-state index in [0.29, 0.717) is 9.69 Å². The van der Waals surface area contributed by atoms with Crippen LogP contribution in [0.25, 0.3) is 0 Å². The third kappa shape index (κ3) is 5.66. The molecule has 9 heteroatoms. The number of halogens is 2. The molecule has 0 fully saturated rings. The minimum absolute atomic E-state index is 0.0491. The van der Waals surface area contributed by atoms with Crippen LogP contribution in [0.3, 0.4) is 0 Å². The molecule has 2 rings (SSSR count). The number of furan rings is 1. The minimum Gasteiger partial charge on any atom is -0.444 e. The van der Waals surface area contributed by atoms with Crippen LogP contribution in [0.4, 0.5) is 0 Å². The van der Waals surface area contributed by atoms with E-state index in [4.69, 9.17) is 28.2 Å². The van der Waals surface area contributed by atoms with Crippen LogP contribution in [0.5, 0.6) is 0 Å². The highest BCUT2D eigenvalue weighted by atomic mass is 79.9. The normalized spacial score (nSPS) is 10.0. The van der Waals surface area contributed by atoms with E-state index in [2.05, 4.69) is 32.1 Å². The average molecular weight is 417 g/mol. The first-order valence-corrected chi connectivity index (χ1v) is 7.92. The van der Waals surface area contributed by atoms with Crippen molar-refractivity contribution in [2.24, 2.45) is 0 Å². The lowest BCUT2D eigenvalue weighted by atomic mass is 10.1. The van der Waals surface area contributed by atoms with Crippen molar-refractivity contribution in [2.45, 2.75) is 6.42 Å². The molecule has 1 aromatic carbocycles. The number of carbonyl (C=O) groups excluding carboxylic acids is 2. The zero-order valence-electron chi connectivity index (χ0n) is 11.6. The minimum atomic E-state index is -0.528. The third-order valence-electron chi connectivity index (χ3n) is 2.62. The Morgan fingerprint density at radius 1 is 1.13 bits per heavy atom. The molecule has 0 unspecified atom stereocenters. The summed E-state index contributed by atoms with van der Waals surface area (Å²) in [5.41, 5.74) is 5.63. The van der Waals surface area contributed by atoms with E-state index < -0.39 is 5.91 Å². The largest absolute Gasteiger partial charge is 0.444 e. The predicted molar refractivity (Wildman–Crippen MR) is 92.9 cm³/mol. The van der Waals surface area contributed by atoms with Crippen LogP contribution in [0.15, 0.2) is 45.5 Å². The lowest BCUT2D eigenvalue weighted by Crippen LogP contribution is -2.48. The Morgan fingerprint density at radius 2 is 1.83 bits per heavy atom. The van der Waals surface area contributed by atoms with Crippen molar-refractivity contribution >= 4 is 56.7 Å². The fraction of sp³-hybridized carbons (Fsp3) is 0.0714. The number of thiocarbonyl (C=S) groups is 1. The topological polar surface area (TPSA) is 83.4 Å². The van der Waals surface area contributed by atoms with Gasteiger partial charge in [0.05, 0.1) is 6.42 Å². The predicted octanol–water partition coefficient (Wildman–Crippen LogP) is 2.57. The van der Waals surface area contributed by atoms with Gasteiger partial charge in [-0.25, -0.2) is 0 Å². The summed E-state index contributed by atoms with van der Waals surface area (Å²) < 4.78 is 5.51. The Morgan fingerprint density at radius 3 is 2.43 bits per heavy atom. The summed E-state index contributed by atoms with van der Waals surface area (Å²) in [5.74, 6) is -0.752. The zero-order valence-corrected chi connectivity index (χ0v) is 14.7. The highest BCUT2D eigenvalue weighted by molar-refractivity contribution is 9.10. The van der Waals surface area contributed by atoms with Gasteiger partial charge in [-0.1, -0.05) is 23.7 Å². The number of nitrogens with one attached hydrogen (secondary N) is 3. The van der Waals surface area contributed by atoms with Gasteiger partial charge in [-0.3, -0.25) is 25.8 Å². The number of benzene rings is 1. The number of carbonyl (C=O) groups is 2. The number of amides is 2. The van der Waals surface area contributed by atoms with Gasteiger partial charge in [0.1, 0.15) is 0 Å². The molecule has 0 spiro atoms. The van der Waals surface area contributed by atoms with Crippen molar-refractivity contribution < 1.29 is 14.0 Å². The van der Waals surface area contributed by atoms with E-state index in [1.54, 1.807) is 30.3 Å². The monoisotopic (exact) mass is 415 g/mol. The fourth-order valence-electron chi connectivity index (χ4n) is 1.59. The molecule has 0 atom stereocenters. The Kier molecular flexibility index (Phi) is 6.14. The highest BCUT2D eigenvalue weighted by Crippen LogP contribution is 2.13. The maximum Gasteiger partial charge on any atom is 0.293 e. The highest BCUT2D eigenvalue weighted by Gasteiger charge is 2.12. The van der Waals surface area contributed by atoms with E-state index in [0.717, 1.165) is 5.56 Å². The quantitative estimate of drug-likeness (QED) is 0.529. The molecule has 23 heavy (non-hydrogen) atoms. The number of rotatable bonds is 3. The smallest absolute Gasteiger partial charge is 0.293 e. The van der Waals surface area contributed by atoms with Crippen molar-refractivity contribution in [3.63, 3.8) is 0 Å². The van der Waals surface area contributed by atoms with E-state index in [-0.39, 0.29) is 23.2 Å². The molecule has 120 valence electrons. The summed E-state index contributed by atoms with van der Waals surface area (Å²) in [7, 11) is 0. The molecule has 0 aliphatic rings. The molecule has 0 aliphatic heterocycles. The molecule has 3 N–H and O–H groups in total. The van der Waals surface area contributed by atoms with Crippen LogP contribution in [-0.2, 0) is 11.2 Å². The number of hydrogen-bond acceptors (Lipinski definition) is 4. The first kappa shape index (κ1) is 17.5. The molecule has 0 bridgehead atoms. The molecular formula is C14H11BrClN3O3S. The summed E-state index contributed by atoms with van der Waals surface area (Å²) in [4.78, 5) is 23.5. The maximum absolute atomic E-state index is 11.8. The van der Waals surface area contributed by atoms with Crippen molar-refractivity contribution in [2.75, 3.05) is 0 Å². The van der Waals surface area contributed by atoms with Gasteiger partial charge < -0.3 is 4.42 Å². The van der Waals surface area contributed by atoms with Crippen LogP contribution in [0, 0.1) is 0 Å². The molecule has 1 aromatic heterocycles. The summed E-state index contributed by atoms with van der Waals surface area (Å²) in [6.07, 6.45) is 0.145. The van der Waals surface area contributed by atoms with Crippen LogP contribution in [0.1, 0.15) is 16.1 Å². The van der Waals surface area contributed by atoms with Gasteiger partial charge in [-0.15, -0.1) is 0 Å². The molecule has 6 nitrogen and oxygen atoms in total. The van der Waals surface area contributed by atoms with Crippen molar-refractivity contribution in [1.29, 1.82) is 0 Å². The van der Waals surface area contributed by atoms with Gasteiger partial charge in [0.25, 0.3) is 5.91 Å². The Labute approximate surface area is 150 Å². The van der Waals surface area contributed by atoms with Crippen molar-refractivity contribution in [1.82, 2.24) is 16.2 Å². The van der Waals surface area contributed by atoms with Crippen LogP contribution >= 0.6 is 39.7 Å². The van der Waals surface area contributed by atoms with E-state index >= 15 is 0 Å². The molecular weight excluding hydrogens is 406 g/mol. The summed E-state index contributed by atoms with van der Waals surface area (Å²) >= 11 is 13.8. The number of hydrogen-bond donors (Lipinski definition) is 3. The molecule has 2 amide bonds. The first-order valence-electron chi connectivity index (χ1n) is 6.34. The van der Waals surface area contributed by atoms with E-state index in [1.165, 1.54) is 6.07 Å². The molecule has 1 heterocycles. The molecule has 0 radical (unpaired) electrons. The van der Waals surface area contributed by atoms with Gasteiger partial charge in [-0.2, -0.15) is 0 Å². The second-order valence-corrected chi connectivity index (χ2v) is 5.99. The van der Waals surface area contributed by atoms with Gasteiger partial charge in [0.2, 0.25) is 5.91 Å². The molecule has 0 saturated carbocycles. The summed E-state index contributed by atoms with van der Waals surface area (Å²) in [5, 5.41) is 2.92. The molecule has 2 aromatic rings. The number of hydrazine groups is 1. The van der Waals surface area contributed by atoms with Gasteiger partial charge in [0.15, 0.2) is 15.5 Å². The Bertz CT molecular complexity index is 733. The standard InChI is InChI=1S/C14H11BrClN3O3S/c15-11-6-5-10(22-11)13(21)17-14(23)19-18-12(20)7-8-1-3-9(16)4-2-8/h1-6H,7H2,(H,18,20)(H2,17,19,21,23). The van der Waals surface area contributed by atoms with Crippen molar-refractivity contribution in [3.8, 4) is 0 Å². The van der Waals surface area contributed by atoms with E-state index in [1.807, 2.05) is 0 Å². The van der Waals surface area contributed by atoms with Gasteiger partial charge in [0, 0.05) is 5.02 Å². The zero-order chi connectivity index (χ0) is 16.8. The maximum atomic E-state index is 11.8. The summed E-state index contributed by atoms with van der Waals surface area (Å²) in [6, 6.07) is 9.96. The van der Waals surface area contributed by atoms with E-state index in [9.17, 15) is 9.59 Å². The first-order chi connectivity index (χ1) is 10.9. The lowest BCUT2D eigenvalue weighted by Gasteiger charge is -2.10. The third-order valence-corrected chi connectivity index (χ3v) is 3.50. The Hall–Kier alpha value is -1.90. The molecule has 0 saturated heterocycles. The lowest BCUT2D eigenvalue weighted by molar-refractivity contribution is -0.121. The Balaban J connectivity index is 1.76. The second-order valence-electron chi connectivity index (χ2n) is 4.36. The average Bonchev–Trinajstić information content (AvgIpc) is 2.94. The SMILES string of the molecule is O=C(Cc1ccc(Cl)cc1)NNC(=S)NC(=O)c1ccc(Br)o1. The van der Waals surface area contributed by atoms with Gasteiger partial charge >= 0.3 is 0 Å². The summed E-state index contributed by atoms with van der Waals surface area (Å²) in [6.45, 7) is 0. The van der Waals surface area contributed by atoms with Crippen molar-refractivity contribution in [3.05, 3.63) is 57.4 Å². The van der Waals surface area contributed by atoms with Crippen LogP contribution < -0.4 is 16.2 Å². The van der Waals surface area contributed by atoms with Crippen LogP contribution in [-0.4, -0.2) is 16.9 Å².